The molecule has 1 aromatic heterocycles. The van der Waals surface area contributed by atoms with Crippen molar-refractivity contribution in [3.8, 4) is 0 Å². The average molecular weight is 373 g/mol. The molecule has 2 aromatic rings. The minimum Gasteiger partial charge on any atom is -0.383 e. The number of aryl methyl sites for hydroxylation is 1. The fourth-order valence-electron chi connectivity index (χ4n) is 1.80. The van der Waals surface area contributed by atoms with E-state index in [9.17, 15) is 0 Å². The highest BCUT2D eigenvalue weighted by Crippen LogP contribution is 2.19. The maximum absolute atomic E-state index is 4.48. The Bertz CT molecular complexity index is 549. The molecule has 0 aliphatic rings. The van der Waals surface area contributed by atoms with Gasteiger partial charge in [-0.2, -0.15) is 5.10 Å². The molecule has 0 unspecified atom stereocenters. The number of aromatic nitrogens is 2. The summed E-state index contributed by atoms with van der Waals surface area (Å²) in [5.41, 5.74) is 3.32. The van der Waals surface area contributed by atoms with Crippen molar-refractivity contribution in [1.82, 2.24) is 9.78 Å². The van der Waals surface area contributed by atoms with E-state index in [1.807, 2.05) is 23.7 Å². The Kier molecular flexibility index (Phi) is 4.45. The second-order valence-electron chi connectivity index (χ2n) is 4.15. The van der Waals surface area contributed by atoms with Crippen molar-refractivity contribution in [2.45, 2.75) is 20.4 Å². The standard InChI is InChI=1S/C13H15Br2N3/c1-9-13(15)10(2)18(17-9)7-6-16-12-5-3-4-11(14)8-12/h3-5,8,16H,6-7H2,1-2H3. The lowest BCUT2D eigenvalue weighted by Crippen LogP contribution is -2.12. The molecule has 0 aliphatic heterocycles. The van der Waals surface area contributed by atoms with Crippen LogP contribution in [0, 0.1) is 13.8 Å². The number of nitrogens with one attached hydrogen (secondary N) is 1. The molecule has 0 spiro atoms. The molecule has 0 saturated carbocycles. The molecule has 0 fully saturated rings. The molecule has 5 heteroatoms. The van der Waals surface area contributed by atoms with Crippen LogP contribution in [0.4, 0.5) is 5.69 Å². The summed E-state index contributed by atoms with van der Waals surface area (Å²) in [6.07, 6.45) is 0. The monoisotopic (exact) mass is 371 g/mol. The van der Waals surface area contributed by atoms with Crippen LogP contribution in [-0.4, -0.2) is 16.3 Å². The van der Waals surface area contributed by atoms with Crippen molar-refractivity contribution in [2.75, 3.05) is 11.9 Å². The quantitative estimate of drug-likeness (QED) is 0.874. The molecule has 0 aliphatic carbocycles. The van der Waals surface area contributed by atoms with Crippen LogP contribution in [0.15, 0.2) is 33.2 Å². The zero-order chi connectivity index (χ0) is 13.1. The zero-order valence-electron chi connectivity index (χ0n) is 10.4. The van der Waals surface area contributed by atoms with Gasteiger partial charge in [0.05, 0.1) is 16.7 Å². The maximum atomic E-state index is 4.48. The van der Waals surface area contributed by atoms with E-state index in [0.717, 1.165) is 33.4 Å². The molecular formula is C13H15Br2N3. The topological polar surface area (TPSA) is 29.9 Å². The van der Waals surface area contributed by atoms with Crippen LogP contribution in [0.1, 0.15) is 11.4 Å². The number of anilines is 1. The van der Waals surface area contributed by atoms with Crippen LogP contribution in [0.25, 0.3) is 0 Å². The predicted molar refractivity (Wildman–Crippen MR) is 82.0 cm³/mol. The van der Waals surface area contributed by atoms with Gasteiger partial charge in [0.25, 0.3) is 0 Å². The van der Waals surface area contributed by atoms with Crippen LogP contribution >= 0.6 is 31.9 Å². The lowest BCUT2D eigenvalue weighted by atomic mass is 10.3. The van der Waals surface area contributed by atoms with E-state index >= 15 is 0 Å². The molecule has 2 rings (SSSR count). The smallest absolute Gasteiger partial charge is 0.0738 e. The number of rotatable bonds is 4. The third kappa shape index (κ3) is 3.14. The first-order valence-electron chi connectivity index (χ1n) is 5.77. The van der Waals surface area contributed by atoms with Crippen molar-refractivity contribution >= 4 is 37.5 Å². The van der Waals surface area contributed by atoms with Gasteiger partial charge in [0.2, 0.25) is 0 Å². The van der Waals surface area contributed by atoms with Crippen LogP contribution in [0.2, 0.25) is 0 Å². The Morgan fingerprint density at radius 3 is 2.67 bits per heavy atom. The van der Waals surface area contributed by atoms with Gasteiger partial charge in [-0.05, 0) is 48.0 Å². The van der Waals surface area contributed by atoms with E-state index in [4.69, 9.17) is 0 Å². The minimum absolute atomic E-state index is 0.852. The number of halogens is 2. The van der Waals surface area contributed by atoms with E-state index in [-0.39, 0.29) is 0 Å². The summed E-state index contributed by atoms with van der Waals surface area (Å²) in [4.78, 5) is 0. The highest BCUT2D eigenvalue weighted by molar-refractivity contribution is 9.10. The highest BCUT2D eigenvalue weighted by atomic mass is 79.9. The lowest BCUT2D eigenvalue weighted by Gasteiger charge is -2.08. The molecule has 0 atom stereocenters. The van der Waals surface area contributed by atoms with Crippen LogP contribution < -0.4 is 5.32 Å². The Hall–Kier alpha value is -0.810. The van der Waals surface area contributed by atoms with Crippen molar-refractivity contribution in [3.63, 3.8) is 0 Å². The largest absolute Gasteiger partial charge is 0.383 e. The minimum atomic E-state index is 0.852. The first-order valence-corrected chi connectivity index (χ1v) is 7.35. The van der Waals surface area contributed by atoms with Gasteiger partial charge in [0.15, 0.2) is 0 Å². The number of nitrogens with zero attached hydrogens (tertiary/aromatic N) is 2. The highest BCUT2D eigenvalue weighted by Gasteiger charge is 2.07. The molecule has 0 saturated heterocycles. The van der Waals surface area contributed by atoms with E-state index in [2.05, 4.69) is 61.3 Å². The first kappa shape index (κ1) is 13.6. The van der Waals surface area contributed by atoms with Gasteiger partial charge in [-0.15, -0.1) is 0 Å². The fourth-order valence-corrected chi connectivity index (χ4v) is 2.48. The molecule has 1 heterocycles. The summed E-state index contributed by atoms with van der Waals surface area (Å²) >= 11 is 7.00. The summed E-state index contributed by atoms with van der Waals surface area (Å²) in [5.74, 6) is 0. The Morgan fingerprint density at radius 1 is 1.28 bits per heavy atom. The Morgan fingerprint density at radius 2 is 2.06 bits per heavy atom. The predicted octanol–water partition coefficient (Wildman–Crippen LogP) is 4.14. The van der Waals surface area contributed by atoms with Gasteiger partial charge < -0.3 is 5.32 Å². The van der Waals surface area contributed by atoms with Gasteiger partial charge in [-0.25, -0.2) is 0 Å². The number of benzene rings is 1. The van der Waals surface area contributed by atoms with E-state index < -0.39 is 0 Å². The molecule has 18 heavy (non-hydrogen) atoms. The summed E-state index contributed by atoms with van der Waals surface area (Å²) in [7, 11) is 0. The summed E-state index contributed by atoms with van der Waals surface area (Å²) < 4.78 is 4.20. The van der Waals surface area contributed by atoms with E-state index in [0.29, 0.717) is 0 Å². The second-order valence-corrected chi connectivity index (χ2v) is 5.85. The normalized spacial score (nSPS) is 10.7. The SMILES string of the molecule is Cc1nn(CCNc2cccc(Br)c2)c(C)c1Br. The van der Waals surface area contributed by atoms with E-state index in [1.54, 1.807) is 0 Å². The summed E-state index contributed by atoms with van der Waals surface area (Å²) in [5, 5.41) is 7.86. The molecule has 3 nitrogen and oxygen atoms in total. The molecule has 1 N–H and O–H groups in total. The van der Waals surface area contributed by atoms with Gasteiger partial charge in [-0.3, -0.25) is 4.68 Å². The van der Waals surface area contributed by atoms with Gasteiger partial charge in [0.1, 0.15) is 0 Å². The summed E-state index contributed by atoms with van der Waals surface area (Å²) in [6, 6.07) is 8.16. The first-order chi connectivity index (χ1) is 8.58. The number of hydrogen-bond acceptors (Lipinski definition) is 2. The lowest BCUT2D eigenvalue weighted by molar-refractivity contribution is 0.615. The van der Waals surface area contributed by atoms with Crippen molar-refractivity contribution in [1.29, 1.82) is 0 Å². The van der Waals surface area contributed by atoms with E-state index in [1.165, 1.54) is 5.69 Å². The van der Waals surface area contributed by atoms with Crippen molar-refractivity contribution in [2.24, 2.45) is 0 Å². The molecule has 1 aromatic carbocycles. The fraction of sp³-hybridized carbons (Fsp3) is 0.308. The molecule has 96 valence electrons. The Labute approximate surface area is 124 Å². The second kappa shape index (κ2) is 5.89. The molecule has 0 radical (unpaired) electrons. The van der Waals surface area contributed by atoms with Gasteiger partial charge >= 0.3 is 0 Å². The zero-order valence-corrected chi connectivity index (χ0v) is 13.5. The summed E-state index contributed by atoms with van der Waals surface area (Å²) in [6.45, 7) is 5.79. The third-order valence-electron chi connectivity index (χ3n) is 2.77. The van der Waals surface area contributed by atoms with Crippen LogP contribution in [0.3, 0.4) is 0 Å². The third-order valence-corrected chi connectivity index (χ3v) is 4.41. The van der Waals surface area contributed by atoms with Crippen LogP contribution in [0.5, 0.6) is 0 Å². The van der Waals surface area contributed by atoms with Crippen molar-refractivity contribution < 1.29 is 0 Å². The Balaban J connectivity index is 1.94. The number of hydrogen-bond donors (Lipinski definition) is 1. The van der Waals surface area contributed by atoms with Crippen LogP contribution in [-0.2, 0) is 6.54 Å². The maximum Gasteiger partial charge on any atom is 0.0738 e. The average Bonchev–Trinajstić information content (AvgIpc) is 2.57. The molecule has 0 amide bonds. The van der Waals surface area contributed by atoms with Crippen molar-refractivity contribution in [3.05, 3.63) is 44.6 Å². The molecule has 0 bridgehead atoms. The molecular weight excluding hydrogens is 358 g/mol. The van der Waals surface area contributed by atoms with Gasteiger partial charge in [-0.1, -0.05) is 22.0 Å². The van der Waals surface area contributed by atoms with Gasteiger partial charge in [0, 0.05) is 22.4 Å².